The van der Waals surface area contributed by atoms with Crippen molar-refractivity contribution in [1.29, 1.82) is 0 Å². The molecule has 8 heteroatoms. The van der Waals surface area contributed by atoms with Crippen LogP contribution in [0.4, 0.5) is 0 Å². The summed E-state index contributed by atoms with van der Waals surface area (Å²) in [6.07, 6.45) is 2.17. The third kappa shape index (κ3) is 8.04. The summed E-state index contributed by atoms with van der Waals surface area (Å²) in [6, 6.07) is 0. The largest absolute Gasteiger partial charge is 0.478 e. The maximum absolute atomic E-state index is 11.7. The number of hydrogen-bond acceptors (Lipinski definition) is 6. The van der Waals surface area contributed by atoms with E-state index in [9.17, 15) is 14.4 Å². The number of rotatable bonds is 9. The zero-order chi connectivity index (χ0) is 17.0. The van der Waals surface area contributed by atoms with E-state index in [1.807, 2.05) is 13.8 Å². The van der Waals surface area contributed by atoms with Crippen molar-refractivity contribution in [3.05, 3.63) is 20.8 Å². The van der Waals surface area contributed by atoms with Gasteiger partial charge in [0.1, 0.15) is 10.7 Å². The summed E-state index contributed by atoms with van der Waals surface area (Å²) in [6.45, 7) is 5.87. The van der Waals surface area contributed by atoms with E-state index in [1.54, 1.807) is 0 Å². The number of H-pyrrole nitrogens is 2. The summed E-state index contributed by atoms with van der Waals surface area (Å²) in [5, 5.41) is 8.65. The minimum Gasteiger partial charge on any atom is -0.478 e. The summed E-state index contributed by atoms with van der Waals surface area (Å²) in [5.41, 5.74) is -1.21. The molecule has 0 saturated heterocycles. The summed E-state index contributed by atoms with van der Waals surface area (Å²) >= 11 is 1.03. The number of nitrogens with one attached hydrogen (secondary N) is 2. The van der Waals surface area contributed by atoms with Crippen LogP contribution in [0.1, 0.15) is 40.0 Å². The lowest BCUT2D eigenvalue weighted by atomic mass is 10.2. The summed E-state index contributed by atoms with van der Waals surface area (Å²) in [7, 11) is 0. The van der Waals surface area contributed by atoms with Crippen LogP contribution in [0.5, 0.6) is 5.88 Å². The molecular formula is C14H24N2O5S. The first-order valence-electron chi connectivity index (χ1n) is 7.27. The van der Waals surface area contributed by atoms with Crippen molar-refractivity contribution >= 4 is 17.5 Å². The fraction of sp³-hybridized carbons (Fsp3) is 0.643. The molecule has 0 fully saturated rings. The number of hydrogen-bond donors (Lipinski definition) is 3. The molecule has 1 aromatic rings. The van der Waals surface area contributed by atoms with Crippen molar-refractivity contribution in [2.45, 2.75) is 44.9 Å². The van der Waals surface area contributed by atoms with Gasteiger partial charge in [-0.2, -0.15) is 0 Å². The number of aromatic nitrogens is 2. The third-order valence-corrected chi connectivity index (χ3v) is 3.55. The van der Waals surface area contributed by atoms with Gasteiger partial charge < -0.3 is 9.84 Å². The molecule has 1 heterocycles. The number of unbranched alkanes of at least 4 members (excludes halogenated alkanes) is 2. The van der Waals surface area contributed by atoms with Crippen LogP contribution in [0.25, 0.3) is 0 Å². The molecule has 0 unspecified atom stereocenters. The van der Waals surface area contributed by atoms with Crippen molar-refractivity contribution < 1.29 is 14.6 Å². The topological polar surface area (TPSA) is 112 Å². The minimum atomic E-state index is -0.646. The molecule has 0 bridgehead atoms. The van der Waals surface area contributed by atoms with Crippen molar-refractivity contribution in [2.75, 3.05) is 19.0 Å². The summed E-state index contributed by atoms with van der Waals surface area (Å²) < 4.78 is 5.39. The van der Waals surface area contributed by atoms with Crippen molar-refractivity contribution in [3.8, 4) is 5.88 Å². The van der Waals surface area contributed by atoms with Crippen LogP contribution in [-0.2, 0) is 4.79 Å². The fourth-order valence-corrected chi connectivity index (χ4v) is 2.20. The van der Waals surface area contributed by atoms with Gasteiger partial charge in [-0.05, 0) is 26.2 Å². The molecule has 0 atom stereocenters. The van der Waals surface area contributed by atoms with Crippen molar-refractivity contribution in [1.82, 2.24) is 9.97 Å². The Morgan fingerprint density at radius 1 is 1.18 bits per heavy atom. The molecule has 1 aromatic heterocycles. The van der Waals surface area contributed by atoms with Crippen molar-refractivity contribution in [3.63, 3.8) is 0 Å². The zero-order valence-corrected chi connectivity index (χ0v) is 14.0. The Hall–Kier alpha value is -1.54. The Bertz CT molecular complexity index is 553. The Morgan fingerprint density at radius 3 is 2.45 bits per heavy atom. The van der Waals surface area contributed by atoms with Gasteiger partial charge in [0.15, 0.2) is 0 Å². The third-order valence-electron chi connectivity index (χ3n) is 2.34. The SMILES string of the molecule is CC.CC(=O)CSc1c(OCCCCCO)[nH]c(=O)[nH]c1=O. The van der Waals surface area contributed by atoms with Gasteiger partial charge in [-0.15, -0.1) is 11.8 Å². The van der Waals surface area contributed by atoms with E-state index in [0.717, 1.165) is 18.2 Å². The highest BCUT2D eigenvalue weighted by molar-refractivity contribution is 8.00. The van der Waals surface area contributed by atoms with Crippen LogP contribution in [0.3, 0.4) is 0 Å². The predicted molar refractivity (Wildman–Crippen MR) is 86.9 cm³/mol. The average molecular weight is 332 g/mol. The second-order valence-electron chi connectivity index (χ2n) is 4.19. The number of thioether (sulfide) groups is 1. The maximum Gasteiger partial charge on any atom is 0.328 e. The van der Waals surface area contributed by atoms with Gasteiger partial charge in [-0.1, -0.05) is 13.8 Å². The quantitative estimate of drug-likeness (QED) is 0.464. The van der Waals surface area contributed by atoms with Gasteiger partial charge in [-0.3, -0.25) is 19.6 Å². The zero-order valence-electron chi connectivity index (χ0n) is 13.2. The van der Waals surface area contributed by atoms with Crippen LogP contribution >= 0.6 is 11.8 Å². The molecule has 7 nitrogen and oxygen atoms in total. The molecule has 0 amide bonds. The molecule has 0 saturated carbocycles. The standard InChI is InChI=1S/C12H18N2O5S.C2H6/c1-8(16)7-20-9-10(17)13-12(18)14-11(9)19-6-4-2-3-5-15;1-2/h15H,2-7H2,1H3,(H2,13,14,17,18);1-2H3. The fourth-order valence-electron chi connectivity index (χ4n) is 1.43. The molecule has 126 valence electrons. The molecule has 0 aliphatic carbocycles. The van der Waals surface area contributed by atoms with Gasteiger partial charge in [0.2, 0.25) is 5.88 Å². The van der Waals surface area contributed by atoms with E-state index < -0.39 is 11.2 Å². The van der Waals surface area contributed by atoms with Gasteiger partial charge in [0.05, 0.1) is 12.4 Å². The first-order valence-corrected chi connectivity index (χ1v) is 8.25. The van der Waals surface area contributed by atoms with Gasteiger partial charge in [0, 0.05) is 6.61 Å². The first-order chi connectivity index (χ1) is 10.5. The van der Waals surface area contributed by atoms with Crippen LogP contribution in [0, 0.1) is 0 Å². The molecule has 0 spiro atoms. The normalized spacial score (nSPS) is 9.82. The highest BCUT2D eigenvalue weighted by Gasteiger charge is 2.12. The van der Waals surface area contributed by atoms with Gasteiger partial charge in [-0.25, -0.2) is 4.79 Å². The highest BCUT2D eigenvalue weighted by atomic mass is 32.2. The Balaban J connectivity index is 0.00000211. The molecule has 0 aliphatic rings. The number of aliphatic hydroxyl groups excluding tert-OH is 1. The lowest BCUT2D eigenvalue weighted by Gasteiger charge is -2.09. The van der Waals surface area contributed by atoms with Crippen LogP contribution in [-0.4, -0.2) is 39.8 Å². The minimum absolute atomic E-state index is 0.0745. The molecule has 22 heavy (non-hydrogen) atoms. The van der Waals surface area contributed by atoms with Gasteiger partial charge in [0.25, 0.3) is 5.56 Å². The number of ether oxygens (including phenoxy) is 1. The Kier molecular flexibility index (Phi) is 11.2. The molecule has 0 aromatic carbocycles. The summed E-state index contributed by atoms with van der Waals surface area (Å²) in [4.78, 5) is 38.6. The molecule has 3 N–H and O–H groups in total. The molecular weight excluding hydrogens is 308 g/mol. The van der Waals surface area contributed by atoms with E-state index in [2.05, 4.69) is 9.97 Å². The monoisotopic (exact) mass is 332 g/mol. The lowest BCUT2D eigenvalue weighted by Crippen LogP contribution is -2.25. The van der Waals surface area contributed by atoms with Crippen LogP contribution in [0.2, 0.25) is 0 Å². The second kappa shape index (κ2) is 12.0. The second-order valence-corrected chi connectivity index (χ2v) is 5.18. The highest BCUT2D eigenvalue weighted by Crippen LogP contribution is 2.22. The van der Waals surface area contributed by atoms with Gasteiger partial charge >= 0.3 is 5.69 Å². The van der Waals surface area contributed by atoms with E-state index >= 15 is 0 Å². The first kappa shape index (κ1) is 20.5. The number of Topliss-reactive ketones (excluding diaryl/α,β-unsaturated/α-hetero) is 1. The number of aromatic amines is 2. The smallest absolute Gasteiger partial charge is 0.328 e. The number of carbonyl (C=O) groups is 1. The van der Waals surface area contributed by atoms with Crippen LogP contribution < -0.4 is 16.0 Å². The Labute approximate surface area is 133 Å². The van der Waals surface area contributed by atoms with Crippen molar-refractivity contribution in [2.24, 2.45) is 0 Å². The van der Waals surface area contributed by atoms with E-state index in [-0.39, 0.29) is 28.9 Å². The predicted octanol–water partition coefficient (Wildman–Crippen LogP) is 1.31. The Morgan fingerprint density at radius 2 is 1.86 bits per heavy atom. The average Bonchev–Trinajstić information content (AvgIpc) is 2.47. The maximum atomic E-state index is 11.7. The molecule has 0 radical (unpaired) electrons. The van der Waals surface area contributed by atoms with E-state index in [1.165, 1.54) is 6.92 Å². The van der Waals surface area contributed by atoms with E-state index in [0.29, 0.717) is 19.4 Å². The van der Waals surface area contributed by atoms with E-state index in [4.69, 9.17) is 9.84 Å². The molecule has 1 rings (SSSR count). The van der Waals surface area contributed by atoms with Crippen LogP contribution in [0.15, 0.2) is 14.5 Å². The lowest BCUT2D eigenvalue weighted by molar-refractivity contribution is -0.114. The summed E-state index contributed by atoms with van der Waals surface area (Å²) in [5.74, 6) is 0.152. The number of ketones is 1. The molecule has 0 aliphatic heterocycles. The number of carbonyl (C=O) groups excluding carboxylic acids is 1. The number of aliphatic hydroxyl groups is 1.